The molecular weight excluding hydrogens is 178 g/mol. The van der Waals surface area contributed by atoms with E-state index in [0.29, 0.717) is 0 Å². The van der Waals surface area contributed by atoms with Crippen molar-refractivity contribution in [3.8, 4) is 0 Å². The van der Waals surface area contributed by atoms with Crippen LogP contribution >= 0.6 is 0 Å². The topological polar surface area (TPSA) is 97.5 Å². The molecule has 0 aromatic heterocycles. The van der Waals surface area contributed by atoms with Crippen LogP contribution in [0.1, 0.15) is 20.3 Å². The van der Waals surface area contributed by atoms with Gasteiger partial charge in [-0.2, -0.15) is 0 Å². The lowest BCUT2D eigenvalue weighted by Crippen LogP contribution is -2.28. The zero-order chi connectivity index (χ0) is 10.6. The first-order valence-corrected chi connectivity index (χ1v) is 3.73. The highest BCUT2D eigenvalue weighted by atomic mass is 16.6. The lowest BCUT2D eigenvalue weighted by atomic mass is 9.97. The Hall–Kier alpha value is -1.46. The molecule has 1 N–H and O–H groups in total. The molecule has 6 heteroatoms. The molecule has 2 atom stereocenters. The zero-order valence-electron chi connectivity index (χ0n) is 7.39. The normalized spacial score (nSPS) is 14.6. The van der Waals surface area contributed by atoms with Gasteiger partial charge in [0, 0.05) is 18.3 Å². The number of hydrogen-bond donors (Lipinski definition) is 1. The van der Waals surface area contributed by atoms with Crippen molar-refractivity contribution in [3.63, 3.8) is 0 Å². The first kappa shape index (κ1) is 11.5. The second-order valence-corrected chi connectivity index (χ2v) is 2.87. The number of nitro groups is 1. The number of carbonyl (C=O) groups is 2. The molecule has 0 amide bonds. The van der Waals surface area contributed by atoms with Crippen LogP contribution in [0.3, 0.4) is 0 Å². The molecule has 0 radical (unpaired) electrons. The molecule has 0 aliphatic rings. The van der Waals surface area contributed by atoms with E-state index >= 15 is 0 Å². The second kappa shape index (κ2) is 4.54. The number of rotatable bonds is 5. The second-order valence-electron chi connectivity index (χ2n) is 2.87. The van der Waals surface area contributed by atoms with Crippen LogP contribution in [0.25, 0.3) is 0 Å². The van der Waals surface area contributed by atoms with Crippen molar-refractivity contribution in [2.45, 2.75) is 26.3 Å². The predicted octanol–water partition coefficient (Wildman–Crippen LogP) is 0.332. The van der Waals surface area contributed by atoms with E-state index in [0.717, 1.165) is 6.92 Å². The first-order chi connectivity index (χ1) is 5.86. The SMILES string of the molecule is CC(=O)C(CC(C)[N+](=O)[O-])C(=O)O. The van der Waals surface area contributed by atoms with Crippen molar-refractivity contribution in [2.24, 2.45) is 5.92 Å². The fourth-order valence-corrected chi connectivity index (χ4v) is 0.868. The van der Waals surface area contributed by atoms with E-state index in [1.165, 1.54) is 6.92 Å². The maximum atomic E-state index is 10.7. The Morgan fingerprint density at radius 2 is 2.00 bits per heavy atom. The molecule has 6 nitrogen and oxygen atoms in total. The van der Waals surface area contributed by atoms with Crippen LogP contribution < -0.4 is 0 Å². The van der Waals surface area contributed by atoms with Crippen molar-refractivity contribution in [1.29, 1.82) is 0 Å². The highest BCUT2D eigenvalue weighted by molar-refractivity contribution is 5.96. The van der Waals surface area contributed by atoms with Crippen LogP contribution in [-0.2, 0) is 9.59 Å². The molecule has 0 bridgehead atoms. The largest absolute Gasteiger partial charge is 0.481 e. The molecule has 0 aliphatic heterocycles. The van der Waals surface area contributed by atoms with Gasteiger partial charge in [-0.15, -0.1) is 0 Å². The summed E-state index contributed by atoms with van der Waals surface area (Å²) in [6.07, 6.45) is -0.252. The molecule has 0 saturated heterocycles. The minimum Gasteiger partial charge on any atom is -0.481 e. The number of carboxylic acids is 1. The number of aliphatic carboxylic acids is 1. The van der Waals surface area contributed by atoms with Gasteiger partial charge in [0.1, 0.15) is 11.7 Å². The average molecular weight is 189 g/mol. The minimum atomic E-state index is -1.30. The molecule has 0 spiro atoms. The van der Waals surface area contributed by atoms with Crippen LogP contribution in [-0.4, -0.2) is 27.8 Å². The molecule has 0 rings (SSSR count). The van der Waals surface area contributed by atoms with Gasteiger partial charge in [0.05, 0.1) is 0 Å². The number of carbonyl (C=O) groups excluding carboxylic acids is 1. The van der Waals surface area contributed by atoms with Gasteiger partial charge in [-0.1, -0.05) is 0 Å². The summed E-state index contributed by atoms with van der Waals surface area (Å²) >= 11 is 0. The summed E-state index contributed by atoms with van der Waals surface area (Å²) in [5, 5.41) is 18.7. The molecule has 2 unspecified atom stereocenters. The maximum absolute atomic E-state index is 10.7. The fourth-order valence-electron chi connectivity index (χ4n) is 0.868. The van der Waals surface area contributed by atoms with Gasteiger partial charge < -0.3 is 5.11 Å². The van der Waals surface area contributed by atoms with E-state index in [1.54, 1.807) is 0 Å². The molecule has 0 fully saturated rings. The van der Waals surface area contributed by atoms with E-state index in [1.807, 2.05) is 0 Å². The third kappa shape index (κ3) is 3.64. The Morgan fingerprint density at radius 3 is 2.23 bits per heavy atom. The van der Waals surface area contributed by atoms with Gasteiger partial charge in [0.25, 0.3) is 0 Å². The lowest BCUT2D eigenvalue weighted by molar-refractivity contribution is -0.519. The predicted molar refractivity (Wildman–Crippen MR) is 42.9 cm³/mol. The van der Waals surface area contributed by atoms with Crippen LogP contribution in [0, 0.1) is 16.0 Å². The Bertz CT molecular complexity index is 223. The minimum absolute atomic E-state index is 0.252. The summed E-state index contributed by atoms with van der Waals surface area (Å²) in [7, 11) is 0. The summed E-state index contributed by atoms with van der Waals surface area (Å²) in [4.78, 5) is 30.8. The molecule has 74 valence electrons. The van der Waals surface area contributed by atoms with Crippen molar-refractivity contribution in [1.82, 2.24) is 0 Å². The summed E-state index contributed by atoms with van der Waals surface area (Å²) in [5.41, 5.74) is 0. The third-order valence-corrected chi connectivity index (χ3v) is 1.73. The smallest absolute Gasteiger partial charge is 0.314 e. The van der Waals surface area contributed by atoms with Gasteiger partial charge in [-0.3, -0.25) is 19.7 Å². The first-order valence-electron chi connectivity index (χ1n) is 3.73. The highest BCUT2D eigenvalue weighted by Crippen LogP contribution is 2.10. The zero-order valence-corrected chi connectivity index (χ0v) is 7.39. The van der Waals surface area contributed by atoms with Crippen molar-refractivity contribution in [2.75, 3.05) is 0 Å². The van der Waals surface area contributed by atoms with Crippen LogP contribution in [0.2, 0.25) is 0 Å². The third-order valence-electron chi connectivity index (χ3n) is 1.73. The summed E-state index contributed by atoms with van der Waals surface area (Å²) in [5.74, 6) is -3.12. The van der Waals surface area contributed by atoms with E-state index in [4.69, 9.17) is 5.11 Å². The summed E-state index contributed by atoms with van der Waals surface area (Å²) in [6.45, 7) is 2.39. The van der Waals surface area contributed by atoms with E-state index in [-0.39, 0.29) is 6.42 Å². The van der Waals surface area contributed by atoms with Gasteiger partial charge >= 0.3 is 5.97 Å². The standard InChI is InChI=1S/C7H11NO5/c1-4(8(12)13)3-6(5(2)9)7(10)11/h4,6H,3H2,1-2H3,(H,10,11). The molecular formula is C7H11NO5. The van der Waals surface area contributed by atoms with Crippen LogP contribution in [0.4, 0.5) is 0 Å². The average Bonchev–Trinajstić information content (AvgIpc) is 1.97. The number of Topliss-reactive ketones (excluding diaryl/α,β-unsaturated/α-hetero) is 1. The Morgan fingerprint density at radius 1 is 1.54 bits per heavy atom. The van der Waals surface area contributed by atoms with Gasteiger partial charge in [0.2, 0.25) is 6.04 Å². The van der Waals surface area contributed by atoms with E-state index in [2.05, 4.69) is 0 Å². The van der Waals surface area contributed by atoms with Crippen molar-refractivity contribution < 1.29 is 19.6 Å². The van der Waals surface area contributed by atoms with Gasteiger partial charge in [-0.25, -0.2) is 0 Å². The number of nitrogens with zero attached hydrogens (tertiary/aromatic N) is 1. The van der Waals surface area contributed by atoms with E-state index < -0.39 is 28.6 Å². The van der Waals surface area contributed by atoms with Gasteiger partial charge in [0.15, 0.2) is 0 Å². The molecule has 0 aromatic rings. The number of carboxylic acid groups (broad SMARTS) is 1. The Kier molecular flexibility index (Phi) is 4.03. The number of ketones is 1. The monoisotopic (exact) mass is 189 g/mol. The van der Waals surface area contributed by atoms with Gasteiger partial charge in [-0.05, 0) is 6.92 Å². The quantitative estimate of drug-likeness (QED) is 0.382. The molecule has 0 heterocycles. The fraction of sp³-hybridized carbons (Fsp3) is 0.714. The molecule has 13 heavy (non-hydrogen) atoms. The number of hydrogen-bond acceptors (Lipinski definition) is 4. The molecule has 0 saturated carbocycles. The molecule has 0 aromatic carbocycles. The highest BCUT2D eigenvalue weighted by Gasteiger charge is 2.29. The lowest BCUT2D eigenvalue weighted by Gasteiger charge is -2.08. The maximum Gasteiger partial charge on any atom is 0.314 e. The Labute approximate surface area is 74.7 Å². The van der Waals surface area contributed by atoms with Crippen molar-refractivity contribution in [3.05, 3.63) is 10.1 Å². The van der Waals surface area contributed by atoms with E-state index in [9.17, 15) is 19.7 Å². The summed E-state index contributed by atoms with van der Waals surface area (Å²) in [6, 6.07) is -1.01. The Balaban J connectivity index is 4.35. The summed E-state index contributed by atoms with van der Waals surface area (Å²) < 4.78 is 0. The van der Waals surface area contributed by atoms with Crippen LogP contribution in [0.5, 0.6) is 0 Å². The molecule has 0 aliphatic carbocycles. The van der Waals surface area contributed by atoms with Crippen molar-refractivity contribution >= 4 is 11.8 Å². The van der Waals surface area contributed by atoms with Crippen LogP contribution in [0.15, 0.2) is 0 Å².